The van der Waals surface area contributed by atoms with Crippen LogP contribution < -0.4 is 19.9 Å². The summed E-state index contributed by atoms with van der Waals surface area (Å²) in [6, 6.07) is 2.44. The predicted molar refractivity (Wildman–Crippen MR) is 86.4 cm³/mol. The first-order valence-corrected chi connectivity index (χ1v) is 8.26. The van der Waals surface area contributed by atoms with Gasteiger partial charge in [-0.2, -0.15) is 0 Å². The molecule has 0 radical (unpaired) electrons. The van der Waals surface area contributed by atoms with Gasteiger partial charge in [0.05, 0.1) is 25.1 Å². The van der Waals surface area contributed by atoms with E-state index in [9.17, 15) is 13.5 Å². The minimum absolute atomic E-state index is 0. The third-order valence-corrected chi connectivity index (χ3v) is 4.00. The molecule has 0 bridgehead atoms. The van der Waals surface area contributed by atoms with Crippen LogP contribution >= 0.6 is 12.4 Å². The molecule has 0 aliphatic carbocycles. The Morgan fingerprint density at radius 2 is 2.00 bits per heavy atom. The zero-order valence-electron chi connectivity index (χ0n) is 12.8. The van der Waals surface area contributed by atoms with Crippen LogP contribution in [0.1, 0.15) is 25.5 Å². The van der Waals surface area contributed by atoms with Crippen molar-refractivity contribution in [2.24, 2.45) is 5.73 Å². The van der Waals surface area contributed by atoms with Gasteiger partial charge in [-0.25, -0.2) is 8.42 Å². The highest BCUT2D eigenvalue weighted by molar-refractivity contribution is 7.92. The molecule has 0 amide bonds. The normalized spacial score (nSPS) is 22.8. The Kier molecular flexibility index (Phi) is 5.23. The first-order valence-electron chi connectivity index (χ1n) is 6.37. The van der Waals surface area contributed by atoms with Gasteiger partial charge in [0.25, 0.3) is 0 Å². The highest BCUT2D eigenvalue weighted by Crippen LogP contribution is 2.43. The molecule has 7 nitrogen and oxygen atoms in total. The van der Waals surface area contributed by atoms with Crippen LogP contribution in [0.15, 0.2) is 12.1 Å². The van der Waals surface area contributed by atoms with Crippen LogP contribution in [0.3, 0.4) is 0 Å². The van der Waals surface area contributed by atoms with Crippen molar-refractivity contribution in [3.05, 3.63) is 17.7 Å². The van der Waals surface area contributed by atoms with E-state index in [1.54, 1.807) is 19.9 Å². The Hall–Kier alpha value is -1.22. The topological polar surface area (TPSA) is 111 Å². The molecule has 2 atom stereocenters. The minimum Gasteiger partial charge on any atom is -0.495 e. The maximum atomic E-state index is 11.4. The maximum absolute atomic E-state index is 11.4. The van der Waals surface area contributed by atoms with Gasteiger partial charge in [-0.1, -0.05) is 0 Å². The van der Waals surface area contributed by atoms with Crippen molar-refractivity contribution in [2.75, 3.05) is 18.1 Å². The first kappa shape index (κ1) is 18.8. The molecule has 4 N–H and O–H groups in total. The van der Waals surface area contributed by atoms with Gasteiger partial charge in [0.2, 0.25) is 10.0 Å². The van der Waals surface area contributed by atoms with Crippen molar-refractivity contribution < 1.29 is 23.0 Å². The third-order valence-electron chi connectivity index (χ3n) is 3.41. The van der Waals surface area contributed by atoms with E-state index >= 15 is 0 Å². The average molecular weight is 353 g/mol. The highest BCUT2D eigenvalue weighted by Gasteiger charge is 2.41. The van der Waals surface area contributed by atoms with Crippen LogP contribution in [0.2, 0.25) is 0 Å². The van der Waals surface area contributed by atoms with E-state index in [2.05, 4.69) is 4.72 Å². The minimum atomic E-state index is -3.46. The van der Waals surface area contributed by atoms with Crippen molar-refractivity contribution in [1.82, 2.24) is 0 Å². The summed E-state index contributed by atoms with van der Waals surface area (Å²) in [5.41, 5.74) is 6.00. The molecule has 0 spiro atoms. The second-order valence-corrected chi connectivity index (χ2v) is 7.39. The molecule has 1 aliphatic rings. The van der Waals surface area contributed by atoms with E-state index in [4.69, 9.17) is 15.2 Å². The number of methoxy groups -OCH3 is 1. The van der Waals surface area contributed by atoms with Crippen LogP contribution in [0.5, 0.6) is 11.5 Å². The van der Waals surface area contributed by atoms with Gasteiger partial charge in [0, 0.05) is 11.6 Å². The maximum Gasteiger partial charge on any atom is 0.229 e. The van der Waals surface area contributed by atoms with Crippen LogP contribution in [0, 0.1) is 0 Å². The largest absolute Gasteiger partial charge is 0.495 e. The number of benzene rings is 1. The van der Waals surface area contributed by atoms with Crippen LogP contribution in [-0.4, -0.2) is 38.6 Å². The molecular weight excluding hydrogens is 332 g/mol. The Balaban J connectivity index is 0.00000242. The van der Waals surface area contributed by atoms with Gasteiger partial charge < -0.3 is 20.3 Å². The smallest absolute Gasteiger partial charge is 0.229 e. The lowest BCUT2D eigenvalue weighted by Gasteiger charge is -2.41. The second kappa shape index (κ2) is 6.11. The fraction of sp³-hybridized carbons (Fsp3) is 0.538. The second-order valence-electron chi connectivity index (χ2n) is 5.64. The number of halogens is 1. The number of anilines is 1. The van der Waals surface area contributed by atoms with Crippen LogP contribution in [0.25, 0.3) is 0 Å². The molecule has 0 aromatic heterocycles. The van der Waals surface area contributed by atoms with Crippen LogP contribution in [0.4, 0.5) is 5.69 Å². The zero-order valence-corrected chi connectivity index (χ0v) is 14.4. The molecule has 0 fully saturated rings. The summed E-state index contributed by atoms with van der Waals surface area (Å²) in [7, 11) is -2.03. The Bertz CT molecular complexity index is 663. The summed E-state index contributed by atoms with van der Waals surface area (Å²) in [6.45, 7) is 3.43. The number of rotatable bonds is 3. The predicted octanol–water partition coefficient (Wildman–Crippen LogP) is 1.02. The standard InChI is InChI=1S/C13H20N2O5S.ClH/c1-13(2)12(16)11(14)7-5-10(19-3)8(6-9(7)20-13)15-21(4,17)18;/h5-6,11-12,15-16H,14H2,1-4H3;1H/t11-,12+;/m0./s1. The summed E-state index contributed by atoms with van der Waals surface area (Å²) >= 11 is 0. The Morgan fingerprint density at radius 1 is 1.41 bits per heavy atom. The molecule has 0 saturated carbocycles. The van der Waals surface area contributed by atoms with Gasteiger partial charge in [-0.15, -0.1) is 12.4 Å². The molecule has 1 aliphatic heterocycles. The number of nitrogens with one attached hydrogen (secondary N) is 1. The van der Waals surface area contributed by atoms with E-state index in [0.717, 1.165) is 6.26 Å². The molecule has 1 aromatic rings. The van der Waals surface area contributed by atoms with E-state index in [1.165, 1.54) is 13.2 Å². The van der Waals surface area contributed by atoms with Crippen molar-refractivity contribution in [2.45, 2.75) is 31.6 Å². The Labute approximate surface area is 136 Å². The molecular formula is C13H21ClN2O5S. The number of sulfonamides is 1. The van der Waals surface area contributed by atoms with E-state index in [-0.39, 0.29) is 18.1 Å². The van der Waals surface area contributed by atoms with Gasteiger partial charge >= 0.3 is 0 Å². The lowest BCUT2D eigenvalue weighted by Crippen LogP contribution is -2.51. The number of hydrogen-bond donors (Lipinski definition) is 3. The first-order chi connectivity index (χ1) is 9.55. The highest BCUT2D eigenvalue weighted by atomic mass is 35.5. The molecule has 1 heterocycles. The average Bonchev–Trinajstić information content (AvgIpc) is 2.33. The summed E-state index contributed by atoms with van der Waals surface area (Å²) in [5, 5.41) is 10.2. The van der Waals surface area contributed by atoms with Gasteiger partial charge in [-0.05, 0) is 19.9 Å². The lowest BCUT2D eigenvalue weighted by atomic mass is 9.87. The van der Waals surface area contributed by atoms with Crippen molar-refractivity contribution in [3.63, 3.8) is 0 Å². The number of hydrogen-bond acceptors (Lipinski definition) is 6. The fourth-order valence-electron chi connectivity index (χ4n) is 2.32. The summed E-state index contributed by atoms with van der Waals surface area (Å²) < 4.78 is 36.1. The molecule has 126 valence electrons. The number of aliphatic hydroxyl groups is 1. The van der Waals surface area contributed by atoms with Crippen molar-refractivity contribution in [3.8, 4) is 11.5 Å². The molecule has 2 rings (SSSR count). The van der Waals surface area contributed by atoms with Crippen molar-refractivity contribution in [1.29, 1.82) is 0 Å². The quantitative estimate of drug-likeness (QED) is 0.749. The number of ether oxygens (including phenoxy) is 2. The van der Waals surface area contributed by atoms with Gasteiger partial charge in [-0.3, -0.25) is 4.72 Å². The molecule has 0 saturated heterocycles. The number of fused-ring (bicyclic) bond motifs is 1. The Morgan fingerprint density at radius 3 is 2.50 bits per heavy atom. The summed E-state index contributed by atoms with van der Waals surface area (Å²) in [6.07, 6.45) is 0.162. The fourth-order valence-corrected chi connectivity index (χ4v) is 2.88. The molecule has 9 heteroatoms. The van der Waals surface area contributed by atoms with E-state index in [1.807, 2.05) is 0 Å². The summed E-state index contributed by atoms with van der Waals surface area (Å²) in [5.74, 6) is 0.731. The lowest BCUT2D eigenvalue weighted by molar-refractivity contribution is -0.0571. The molecule has 0 unspecified atom stereocenters. The number of nitrogens with two attached hydrogens (primary N) is 1. The summed E-state index contributed by atoms with van der Waals surface area (Å²) in [4.78, 5) is 0. The third kappa shape index (κ3) is 3.57. The molecule has 1 aromatic carbocycles. The zero-order chi connectivity index (χ0) is 16.0. The van der Waals surface area contributed by atoms with Crippen molar-refractivity contribution >= 4 is 28.1 Å². The van der Waals surface area contributed by atoms with E-state index in [0.29, 0.717) is 17.1 Å². The van der Waals surface area contributed by atoms with Gasteiger partial charge in [0.1, 0.15) is 23.2 Å². The monoisotopic (exact) mass is 352 g/mol. The number of aliphatic hydroxyl groups excluding tert-OH is 1. The SMILES string of the molecule is COc1cc2c(cc1NS(C)(=O)=O)OC(C)(C)[C@H](O)[C@H]2N.Cl. The van der Waals surface area contributed by atoms with Gasteiger partial charge in [0.15, 0.2) is 0 Å². The van der Waals surface area contributed by atoms with E-state index < -0.39 is 27.8 Å². The molecule has 22 heavy (non-hydrogen) atoms. The van der Waals surface area contributed by atoms with Crippen LogP contribution in [-0.2, 0) is 10.0 Å².